The van der Waals surface area contributed by atoms with Gasteiger partial charge in [-0.05, 0) is 37.0 Å². The highest BCUT2D eigenvalue weighted by Crippen LogP contribution is 2.27. The number of hydrogen-bond acceptors (Lipinski definition) is 4. The third kappa shape index (κ3) is 6.62. The second-order valence-corrected chi connectivity index (χ2v) is 6.44. The SMILES string of the molecule is COc1ccc(CCNC(=O)C[NH+](C)CC(=O)NC2CC2)cc1OC. The van der Waals surface area contributed by atoms with Gasteiger partial charge in [-0.2, -0.15) is 0 Å². The Bertz CT molecular complexity index is 602. The highest BCUT2D eigenvalue weighted by Gasteiger charge is 2.24. The van der Waals surface area contributed by atoms with Gasteiger partial charge in [-0.3, -0.25) is 9.59 Å². The smallest absolute Gasteiger partial charge is 0.275 e. The second-order valence-electron chi connectivity index (χ2n) is 6.44. The number of methoxy groups -OCH3 is 2. The maximum atomic E-state index is 12.0. The van der Waals surface area contributed by atoms with Crippen LogP contribution < -0.4 is 25.0 Å². The maximum Gasteiger partial charge on any atom is 0.275 e. The summed E-state index contributed by atoms with van der Waals surface area (Å²) in [5, 5.41) is 5.82. The molecule has 25 heavy (non-hydrogen) atoms. The molecule has 1 aromatic rings. The molecule has 1 unspecified atom stereocenters. The molecule has 0 radical (unpaired) electrons. The van der Waals surface area contributed by atoms with E-state index in [4.69, 9.17) is 9.47 Å². The van der Waals surface area contributed by atoms with Gasteiger partial charge in [-0.15, -0.1) is 0 Å². The minimum absolute atomic E-state index is 0.0122. The van der Waals surface area contributed by atoms with Gasteiger partial charge in [0.1, 0.15) is 0 Å². The van der Waals surface area contributed by atoms with Crippen molar-refractivity contribution in [2.75, 3.05) is 40.9 Å². The van der Waals surface area contributed by atoms with Crippen LogP contribution in [0, 0.1) is 0 Å². The quantitative estimate of drug-likeness (QED) is 0.514. The van der Waals surface area contributed by atoms with Crippen molar-refractivity contribution in [1.29, 1.82) is 0 Å². The summed E-state index contributed by atoms with van der Waals surface area (Å²) in [6.07, 6.45) is 2.84. The lowest BCUT2D eigenvalue weighted by Gasteiger charge is -2.14. The van der Waals surface area contributed by atoms with Gasteiger partial charge in [-0.25, -0.2) is 0 Å². The summed E-state index contributed by atoms with van der Waals surface area (Å²) in [4.78, 5) is 24.6. The van der Waals surface area contributed by atoms with Gasteiger partial charge in [0.05, 0.1) is 21.3 Å². The Kier molecular flexibility index (Phi) is 7.06. The van der Waals surface area contributed by atoms with Crippen LogP contribution in [-0.2, 0) is 16.0 Å². The van der Waals surface area contributed by atoms with E-state index in [2.05, 4.69) is 10.6 Å². The molecule has 0 aromatic heterocycles. The van der Waals surface area contributed by atoms with Crippen LogP contribution in [0.15, 0.2) is 18.2 Å². The molecule has 1 atom stereocenters. The molecule has 3 N–H and O–H groups in total. The zero-order chi connectivity index (χ0) is 18.2. The monoisotopic (exact) mass is 350 g/mol. The molecule has 1 aliphatic rings. The first-order chi connectivity index (χ1) is 12.0. The van der Waals surface area contributed by atoms with Crippen molar-refractivity contribution in [3.63, 3.8) is 0 Å². The van der Waals surface area contributed by atoms with Crippen LogP contribution in [0.5, 0.6) is 11.5 Å². The highest BCUT2D eigenvalue weighted by atomic mass is 16.5. The first-order valence-corrected chi connectivity index (χ1v) is 8.60. The largest absolute Gasteiger partial charge is 0.493 e. The normalized spacial score (nSPS) is 14.5. The van der Waals surface area contributed by atoms with Gasteiger partial charge >= 0.3 is 0 Å². The molecule has 0 aliphatic heterocycles. The number of carbonyl (C=O) groups is 2. The number of ether oxygens (including phenoxy) is 2. The molecular weight excluding hydrogens is 322 g/mol. The Morgan fingerprint density at radius 3 is 2.44 bits per heavy atom. The predicted octanol–water partition coefficient (Wildman–Crippen LogP) is -0.844. The number of rotatable bonds is 10. The van der Waals surface area contributed by atoms with Crippen LogP contribution in [0.1, 0.15) is 18.4 Å². The Hall–Kier alpha value is -2.28. The van der Waals surface area contributed by atoms with Crippen molar-refractivity contribution >= 4 is 11.8 Å². The zero-order valence-electron chi connectivity index (χ0n) is 15.2. The molecule has 0 heterocycles. The summed E-state index contributed by atoms with van der Waals surface area (Å²) >= 11 is 0. The number of benzene rings is 1. The van der Waals surface area contributed by atoms with Crippen LogP contribution in [0.3, 0.4) is 0 Å². The second kappa shape index (κ2) is 9.27. The van der Waals surface area contributed by atoms with Crippen molar-refractivity contribution in [3.8, 4) is 11.5 Å². The molecule has 1 saturated carbocycles. The van der Waals surface area contributed by atoms with Crippen molar-refractivity contribution in [3.05, 3.63) is 23.8 Å². The van der Waals surface area contributed by atoms with Gasteiger partial charge in [0.15, 0.2) is 24.6 Å². The zero-order valence-corrected chi connectivity index (χ0v) is 15.2. The third-order valence-electron chi connectivity index (χ3n) is 4.05. The van der Waals surface area contributed by atoms with Crippen molar-refractivity contribution < 1.29 is 24.0 Å². The van der Waals surface area contributed by atoms with E-state index in [-0.39, 0.29) is 18.4 Å². The summed E-state index contributed by atoms with van der Waals surface area (Å²) in [5.41, 5.74) is 1.06. The molecule has 0 bridgehead atoms. The van der Waals surface area contributed by atoms with Crippen molar-refractivity contribution in [2.24, 2.45) is 0 Å². The number of hydrogen-bond donors (Lipinski definition) is 3. The van der Waals surface area contributed by atoms with E-state index >= 15 is 0 Å². The number of carbonyl (C=O) groups excluding carboxylic acids is 2. The first-order valence-electron chi connectivity index (χ1n) is 8.60. The molecule has 0 saturated heterocycles. The standard InChI is InChI=1S/C18H27N3O4/c1-21(12-18(23)20-14-5-6-14)11-17(22)19-9-8-13-4-7-15(24-2)16(10-13)25-3/h4,7,10,14H,5-6,8-9,11-12H2,1-3H3,(H,19,22)(H,20,23)/p+1. The summed E-state index contributed by atoms with van der Waals surface area (Å²) < 4.78 is 10.5. The van der Waals surface area contributed by atoms with Crippen LogP contribution in [0.4, 0.5) is 0 Å². The fraction of sp³-hybridized carbons (Fsp3) is 0.556. The van der Waals surface area contributed by atoms with E-state index in [1.54, 1.807) is 14.2 Å². The summed E-state index contributed by atoms with van der Waals surface area (Å²) in [5.74, 6) is 1.32. The molecule has 2 amide bonds. The predicted molar refractivity (Wildman–Crippen MR) is 94.0 cm³/mol. The summed E-state index contributed by atoms with van der Waals surface area (Å²) in [6.45, 7) is 1.14. The summed E-state index contributed by atoms with van der Waals surface area (Å²) in [6, 6.07) is 6.07. The van der Waals surface area contributed by atoms with Crippen LogP contribution >= 0.6 is 0 Å². The van der Waals surface area contributed by atoms with Gasteiger partial charge in [0.2, 0.25) is 0 Å². The maximum absolute atomic E-state index is 12.0. The molecule has 7 nitrogen and oxygen atoms in total. The Morgan fingerprint density at radius 1 is 1.12 bits per heavy atom. The van der Waals surface area contributed by atoms with Gasteiger partial charge in [0, 0.05) is 12.6 Å². The number of likely N-dealkylation sites (N-methyl/N-ethyl adjacent to an activating group) is 1. The van der Waals surface area contributed by atoms with E-state index in [1.807, 2.05) is 25.2 Å². The Balaban J connectivity index is 1.68. The molecule has 1 aromatic carbocycles. The summed E-state index contributed by atoms with van der Waals surface area (Å²) in [7, 11) is 5.04. The van der Waals surface area contributed by atoms with Crippen LogP contribution in [-0.4, -0.2) is 58.8 Å². The number of quaternary nitrogens is 1. The van der Waals surface area contributed by atoms with E-state index in [1.165, 1.54) is 0 Å². The average molecular weight is 350 g/mol. The number of amides is 2. The third-order valence-corrected chi connectivity index (χ3v) is 4.05. The molecular formula is C18H28N3O4+. The lowest BCUT2D eigenvalue weighted by molar-refractivity contribution is -0.862. The minimum Gasteiger partial charge on any atom is -0.493 e. The molecule has 1 fully saturated rings. The molecule has 7 heteroatoms. The minimum atomic E-state index is -0.0581. The highest BCUT2D eigenvalue weighted by molar-refractivity contribution is 5.79. The topological polar surface area (TPSA) is 81.1 Å². The lowest BCUT2D eigenvalue weighted by Crippen LogP contribution is -3.11. The fourth-order valence-electron chi connectivity index (χ4n) is 2.56. The molecule has 0 spiro atoms. The van der Waals surface area contributed by atoms with Crippen molar-refractivity contribution in [2.45, 2.75) is 25.3 Å². The Morgan fingerprint density at radius 2 is 1.80 bits per heavy atom. The number of nitrogens with one attached hydrogen (secondary N) is 3. The lowest BCUT2D eigenvalue weighted by atomic mass is 10.1. The fourth-order valence-corrected chi connectivity index (χ4v) is 2.56. The molecule has 1 aliphatic carbocycles. The first kappa shape index (κ1) is 19.1. The molecule has 2 rings (SSSR count). The average Bonchev–Trinajstić information content (AvgIpc) is 3.38. The van der Waals surface area contributed by atoms with Crippen molar-refractivity contribution in [1.82, 2.24) is 10.6 Å². The van der Waals surface area contributed by atoms with E-state index in [0.29, 0.717) is 37.1 Å². The van der Waals surface area contributed by atoms with Gasteiger partial charge in [0.25, 0.3) is 11.8 Å². The van der Waals surface area contributed by atoms with Crippen LogP contribution in [0.2, 0.25) is 0 Å². The van der Waals surface area contributed by atoms with E-state index < -0.39 is 0 Å². The van der Waals surface area contributed by atoms with Crippen LogP contribution in [0.25, 0.3) is 0 Å². The van der Waals surface area contributed by atoms with E-state index in [9.17, 15) is 9.59 Å². The van der Waals surface area contributed by atoms with Gasteiger partial charge in [-0.1, -0.05) is 6.07 Å². The van der Waals surface area contributed by atoms with E-state index in [0.717, 1.165) is 23.3 Å². The van der Waals surface area contributed by atoms with Gasteiger partial charge < -0.3 is 25.0 Å². The molecule has 138 valence electrons. The Labute approximate surface area is 148 Å².